The Labute approximate surface area is 100 Å². The maximum atomic E-state index is 12.6. The summed E-state index contributed by atoms with van der Waals surface area (Å²) in [5.74, 6) is 0. The van der Waals surface area contributed by atoms with Crippen LogP contribution in [-0.2, 0) is 0 Å². The number of aryl methyl sites for hydroxylation is 1. The van der Waals surface area contributed by atoms with Gasteiger partial charge in [0, 0.05) is 6.20 Å². The number of pyridine rings is 1. The highest BCUT2D eigenvalue weighted by molar-refractivity contribution is 6.30. The molecule has 0 aromatic carbocycles. The van der Waals surface area contributed by atoms with Crippen LogP contribution in [0.3, 0.4) is 0 Å². The summed E-state index contributed by atoms with van der Waals surface area (Å²) in [5, 5.41) is 0.325. The summed E-state index contributed by atoms with van der Waals surface area (Å²) in [4.78, 5) is 4.01. The van der Waals surface area contributed by atoms with Crippen molar-refractivity contribution in [2.75, 3.05) is 0 Å². The van der Waals surface area contributed by atoms with Gasteiger partial charge >= 0.3 is 6.18 Å². The molecular weight excluding hydrogens is 255 g/mol. The first-order chi connectivity index (χ1) is 7.80. The number of rotatable bonds is 1. The van der Waals surface area contributed by atoms with Crippen LogP contribution in [0.25, 0.3) is 5.65 Å². The minimum absolute atomic E-state index is 0.0880. The van der Waals surface area contributed by atoms with Crippen molar-refractivity contribution in [3.8, 4) is 0 Å². The molecule has 0 amide bonds. The highest BCUT2D eigenvalue weighted by Gasteiger charge is 2.40. The van der Waals surface area contributed by atoms with E-state index >= 15 is 0 Å². The first-order valence-corrected chi connectivity index (χ1v) is 5.15. The zero-order chi connectivity index (χ0) is 12.8. The van der Waals surface area contributed by atoms with Crippen LogP contribution in [-0.4, -0.2) is 15.6 Å². The zero-order valence-electron chi connectivity index (χ0n) is 8.79. The van der Waals surface area contributed by atoms with Crippen molar-refractivity contribution in [1.29, 1.82) is 0 Å². The zero-order valence-corrected chi connectivity index (χ0v) is 9.55. The summed E-state index contributed by atoms with van der Waals surface area (Å²) < 4.78 is 39.1. The molecule has 1 unspecified atom stereocenters. The number of hydrogen-bond donors (Lipinski definition) is 1. The van der Waals surface area contributed by atoms with Crippen molar-refractivity contribution in [1.82, 2.24) is 9.38 Å². The molecule has 0 aliphatic rings. The lowest BCUT2D eigenvalue weighted by Crippen LogP contribution is -2.30. The SMILES string of the molecule is Cc1nc2ccc(Cl)cn2c1C(N)C(F)(F)F. The second kappa shape index (κ2) is 3.89. The van der Waals surface area contributed by atoms with Crippen LogP contribution in [0.1, 0.15) is 17.4 Å². The lowest BCUT2D eigenvalue weighted by atomic mass is 10.2. The van der Waals surface area contributed by atoms with E-state index in [4.69, 9.17) is 17.3 Å². The lowest BCUT2D eigenvalue weighted by molar-refractivity contribution is -0.150. The van der Waals surface area contributed by atoms with Gasteiger partial charge in [0.05, 0.1) is 16.4 Å². The molecule has 7 heteroatoms. The smallest absolute Gasteiger partial charge is 0.315 e. The van der Waals surface area contributed by atoms with Crippen LogP contribution < -0.4 is 5.73 Å². The third kappa shape index (κ3) is 2.10. The van der Waals surface area contributed by atoms with E-state index in [1.54, 1.807) is 12.1 Å². The van der Waals surface area contributed by atoms with E-state index < -0.39 is 12.2 Å². The summed E-state index contributed by atoms with van der Waals surface area (Å²) >= 11 is 5.75. The van der Waals surface area contributed by atoms with E-state index in [-0.39, 0.29) is 11.4 Å². The molecule has 2 aromatic heterocycles. The molecule has 2 N–H and O–H groups in total. The second-order valence-corrected chi connectivity index (χ2v) is 4.11. The van der Waals surface area contributed by atoms with Crippen molar-refractivity contribution < 1.29 is 13.2 Å². The van der Waals surface area contributed by atoms with Gasteiger partial charge in [0.1, 0.15) is 11.7 Å². The van der Waals surface area contributed by atoms with Crippen LogP contribution >= 0.6 is 11.6 Å². The molecule has 17 heavy (non-hydrogen) atoms. The van der Waals surface area contributed by atoms with E-state index in [2.05, 4.69) is 4.98 Å². The largest absolute Gasteiger partial charge is 0.409 e. The molecule has 0 saturated carbocycles. The fourth-order valence-corrected chi connectivity index (χ4v) is 1.84. The number of halogens is 4. The molecule has 0 radical (unpaired) electrons. The first-order valence-electron chi connectivity index (χ1n) is 4.77. The number of imidazole rings is 1. The van der Waals surface area contributed by atoms with Gasteiger partial charge in [0.25, 0.3) is 0 Å². The quantitative estimate of drug-likeness (QED) is 0.860. The first kappa shape index (κ1) is 12.2. The Bertz CT molecular complexity index is 562. The fourth-order valence-electron chi connectivity index (χ4n) is 1.68. The minimum atomic E-state index is -4.51. The topological polar surface area (TPSA) is 43.3 Å². The number of alkyl halides is 3. The van der Waals surface area contributed by atoms with Gasteiger partial charge in [-0.05, 0) is 19.1 Å². The standard InChI is InChI=1S/C10H9ClF3N3/c1-5-8(9(15)10(12,13)14)17-4-6(11)2-3-7(17)16-5/h2-4,9H,15H2,1H3. The van der Waals surface area contributed by atoms with Crippen LogP contribution in [0.5, 0.6) is 0 Å². The van der Waals surface area contributed by atoms with Gasteiger partial charge in [0.15, 0.2) is 0 Å². The van der Waals surface area contributed by atoms with Crippen molar-refractivity contribution >= 4 is 17.2 Å². The molecule has 0 aliphatic heterocycles. The summed E-state index contributed by atoms with van der Waals surface area (Å²) in [5.41, 5.74) is 5.75. The van der Waals surface area contributed by atoms with Crippen LogP contribution in [0.15, 0.2) is 18.3 Å². The Hall–Kier alpha value is -1.27. The summed E-state index contributed by atoms with van der Waals surface area (Å²) in [7, 11) is 0. The number of fused-ring (bicyclic) bond motifs is 1. The van der Waals surface area contributed by atoms with Crippen molar-refractivity contribution in [3.05, 3.63) is 34.7 Å². The summed E-state index contributed by atoms with van der Waals surface area (Å²) in [6, 6.07) is 1.03. The molecule has 0 spiro atoms. The van der Waals surface area contributed by atoms with Crippen LogP contribution in [0, 0.1) is 6.92 Å². The number of hydrogen-bond acceptors (Lipinski definition) is 2. The molecule has 2 rings (SSSR count). The molecule has 2 aromatic rings. The van der Waals surface area contributed by atoms with E-state index in [0.717, 1.165) is 0 Å². The van der Waals surface area contributed by atoms with E-state index in [9.17, 15) is 13.2 Å². The highest BCUT2D eigenvalue weighted by atomic mass is 35.5. The van der Waals surface area contributed by atoms with Crippen molar-refractivity contribution in [2.24, 2.45) is 5.73 Å². The van der Waals surface area contributed by atoms with Crippen molar-refractivity contribution in [2.45, 2.75) is 19.1 Å². The maximum absolute atomic E-state index is 12.6. The Morgan fingerprint density at radius 3 is 2.65 bits per heavy atom. The minimum Gasteiger partial charge on any atom is -0.315 e. The molecule has 1 atom stereocenters. The molecule has 3 nitrogen and oxygen atoms in total. The van der Waals surface area contributed by atoms with Crippen molar-refractivity contribution in [3.63, 3.8) is 0 Å². The molecule has 0 bridgehead atoms. The number of nitrogens with two attached hydrogens (primary N) is 1. The van der Waals surface area contributed by atoms with Gasteiger partial charge in [-0.2, -0.15) is 13.2 Å². The van der Waals surface area contributed by atoms with Crippen LogP contribution in [0.4, 0.5) is 13.2 Å². The average Bonchev–Trinajstić information content (AvgIpc) is 2.51. The Morgan fingerprint density at radius 1 is 1.41 bits per heavy atom. The third-order valence-corrected chi connectivity index (χ3v) is 2.67. The van der Waals surface area contributed by atoms with Gasteiger partial charge < -0.3 is 10.1 Å². The Morgan fingerprint density at radius 2 is 2.06 bits per heavy atom. The van der Waals surface area contributed by atoms with E-state index in [1.807, 2.05) is 0 Å². The van der Waals surface area contributed by atoms with E-state index in [1.165, 1.54) is 17.5 Å². The Balaban J connectivity index is 2.68. The predicted octanol–water partition coefficient (Wildman–Crippen LogP) is 2.86. The Kier molecular flexibility index (Phi) is 2.79. The van der Waals surface area contributed by atoms with Gasteiger partial charge in [-0.1, -0.05) is 11.6 Å². The summed E-state index contributed by atoms with van der Waals surface area (Å²) in [6.07, 6.45) is -3.14. The molecule has 92 valence electrons. The van der Waals surface area contributed by atoms with Gasteiger partial charge in [-0.3, -0.25) is 0 Å². The number of aromatic nitrogens is 2. The fraction of sp³-hybridized carbons (Fsp3) is 0.300. The van der Waals surface area contributed by atoms with Gasteiger partial charge in [-0.25, -0.2) is 4.98 Å². The average molecular weight is 264 g/mol. The van der Waals surface area contributed by atoms with Gasteiger partial charge in [0.2, 0.25) is 0 Å². The summed E-state index contributed by atoms with van der Waals surface area (Å²) in [6.45, 7) is 1.49. The van der Waals surface area contributed by atoms with Gasteiger partial charge in [-0.15, -0.1) is 0 Å². The second-order valence-electron chi connectivity index (χ2n) is 3.68. The van der Waals surface area contributed by atoms with E-state index in [0.29, 0.717) is 10.7 Å². The maximum Gasteiger partial charge on any atom is 0.409 e. The molecule has 0 aliphatic carbocycles. The highest BCUT2D eigenvalue weighted by Crippen LogP contribution is 2.32. The predicted molar refractivity (Wildman–Crippen MR) is 57.9 cm³/mol. The molecule has 0 fully saturated rings. The monoisotopic (exact) mass is 263 g/mol. The lowest BCUT2D eigenvalue weighted by Gasteiger charge is -2.16. The molecule has 0 saturated heterocycles. The normalized spacial score (nSPS) is 14.2. The molecular formula is C10H9ClF3N3. The van der Waals surface area contributed by atoms with Crippen LogP contribution in [0.2, 0.25) is 5.02 Å². The third-order valence-electron chi connectivity index (χ3n) is 2.45. The molecule has 2 heterocycles. The number of nitrogens with zero attached hydrogens (tertiary/aromatic N) is 2.